The monoisotopic (exact) mass is 515 g/mol. The minimum absolute atomic E-state index is 0. The minimum Gasteiger partial charge on any atom is -0.493 e. The molecule has 0 spiro atoms. The third kappa shape index (κ3) is 6.80. The Hall–Kier alpha value is -1.97. The SMILES string of the molecule is CCOc1cc(CNC(=NC)NC(C)Cc2c(C)nn(C)c2C)ccc1OC.I. The molecule has 2 N–H and O–H groups in total. The van der Waals surface area contributed by atoms with E-state index in [1.54, 1.807) is 14.2 Å². The first-order chi connectivity index (χ1) is 13.4. The van der Waals surface area contributed by atoms with E-state index < -0.39 is 0 Å². The van der Waals surface area contributed by atoms with Crippen LogP contribution in [0, 0.1) is 13.8 Å². The maximum atomic E-state index is 5.65. The van der Waals surface area contributed by atoms with Crippen molar-refractivity contribution in [3.63, 3.8) is 0 Å². The van der Waals surface area contributed by atoms with Gasteiger partial charge in [0, 0.05) is 32.4 Å². The molecular weight excluding hydrogens is 481 g/mol. The number of halogens is 1. The standard InChI is InChI=1S/C21H33N5O2.HI/c1-8-28-20-12-17(9-10-19(20)27-7)13-23-21(22-5)24-14(2)11-18-15(3)25-26(6)16(18)4;/h9-10,12,14H,8,11,13H2,1-7H3,(H2,22,23,24);1H. The summed E-state index contributed by atoms with van der Waals surface area (Å²) in [5.41, 5.74) is 4.67. The molecule has 0 aliphatic carbocycles. The summed E-state index contributed by atoms with van der Waals surface area (Å²) in [5, 5.41) is 11.3. The van der Waals surface area contributed by atoms with Crippen molar-refractivity contribution in [3.05, 3.63) is 40.7 Å². The number of rotatable bonds is 8. The first kappa shape index (κ1) is 25.1. The molecule has 1 aromatic carbocycles. The zero-order valence-electron chi connectivity index (χ0n) is 18.5. The number of benzene rings is 1. The van der Waals surface area contributed by atoms with Gasteiger partial charge in [-0.15, -0.1) is 24.0 Å². The van der Waals surface area contributed by atoms with E-state index in [0.717, 1.165) is 35.1 Å². The molecule has 2 aromatic rings. The number of hydrogen-bond acceptors (Lipinski definition) is 4. The summed E-state index contributed by atoms with van der Waals surface area (Å²) in [6, 6.07) is 6.17. The Labute approximate surface area is 191 Å². The Morgan fingerprint density at radius 1 is 1.28 bits per heavy atom. The van der Waals surface area contributed by atoms with Crippen molar-refractivity contribution in [2.24, 2.45) is 12.0 Å². The molecule has 0 radical (unpaired) electrons. The average Bonchev–Trinajstić information content (AvgIpc) is 2.91. The lowest BCUT2D eigenvalue weighted by atomic mass is 10.1. The zero-order valence-corrected chi connectivity index (χ0v) is 20.8. The molecule has 0 amide bonds. The third-order valence-corrected chi connectivity index (χ3v) is 4.76. The highest BCUT2D eigenvalue weighted by molar-refractivity contribution is 14.0. The molecular formula is C21H34IN5O2. The van der Waals surface area contributed by atoms with Crippen molar-refractivity contribution < 1.29 is 9.47 Å². The van der Waals surface area contributed by atoms with Gasteiger partial charge in [0.2, 0.25) is 0 Å². The number of aliphatic imine (C=N–C) groups is 1. The van der Waals surface area contributed by atoms with Gasteiger partial charge in [-0.25, -0.2) is 0 Å². The van der Waals surface area contributed by atoms with Gasteiger partial charge >= 0.3 is 0 Å². The lowest BCUT2D eigenvalue weighted by molar-refractivity contribution is 0.310. The second-order valence-electron chi connectivity index (χ2n) is 6.87. The van der Waals surface area contributed by atoms with Gasteiger partial charge in [0.1, 0.15) is 0 Å². The van der Waals surface area contributed by atoms with Gasteiger partial charge in [0.15, 0.2) is 17.5 Å². The summed E-state index contributed by atoms with van der Waals surface area (Å²) >= 11 is 0. The molecule has 0 saturated heterocycles. The van der Waals surface area contributed by atoms with E-state index in [2.05, 4.69) is 41.5 Å². The largest absolute Gasteiger partial charge is 0.493 e. The fraction of sp³-hybridized carbons (Fsp3) is 0.524. The number of hydrogen-bond donors (Lipinski definition) is 2. The highest BCUT2D eigenvalue weighted by Crippen LogP contribution is 2.27. The zero-order chi connectivity index (χ0) is 20.7. The summed E-state index contributed by atoms with van der Waals surface area (Å²) in [6.07, 6.45) is 0.892. The van der Waals surface area contributed by atoms with Gasteiger partial charge in [0.05, 0.1) is 19.4 Å². The molecule has 0 saturated carbocycles. The second kappa shape index (κ2) is 11.9. The van der Waals surface area contributed by atoms with Crippen LogP contribution in [-0.4, -0.2) is 42.5 Å². The van der Waals surface area contributed by atoms with Crippen molar-refractivity contribution in [2.75, 3.05) is 20.8 Å². The number of ether oxygens (including phenoxy) is 2. The lowest BCUT2D eigenvalue weighted by Gasteiger charge is -2.19. The first-order valence-corrected chi connectivity index (χ1v) is 9.65. The van der Waals surface area contributed by atoms with Crippen molar-refractivity contribution in [2.45, 2.75) is 46.7 Å². The molecule has 0 bridgehead atoms. The van der Waals surface area contributed by atoms with Crippen LogP contribution in [-0.2, 0) is 20.0 Å². The summed E-state index contributed by atoms with van der Waals surface area (Å²) < 4.78 is 12.9. The predicted octanol–water partition coefficient (Wildman–Crippen LogP) is 3.36. The Bertz CT molecular complexity index is 820. The molecule has 1 heterocycles. The molecule has 29 heavy (non-hydrogen) atoms. The molecule has 1 unspecified atom stereocenters. The molecule has 162 valence electrons. The van der Waals surface area contributed by atoms with Gasteiger partial charge in [-0.05, 0) is 57.4 Å². The van der Waals surface area contributed by atoms with E-state index in [1.165, 1.54) is 11.3 Å². The highest BCUT2D eigenvalue weighted by atomic mass is 127. The molecule has 1 atom stereocenters. The quantitative estimate of drug-likeness (QED) is 0.321. The van der Waals surface area contributed by atoms with Gasteiger partial charge in [-0.2, -0.15) is 5.10 Å². The molecule has 2 rings (SSSR count). The molecule has 1 aromatic heterocycles. The van der Waals surface area contributed by atoms with Gasteiger partial charge in [-0.3, -0.25) is 9.67 Å². The first-order valence-electron chi connectivity index (χ1n) is 9.65. The average molecular weight is 515 g/mol. The van der Waals surface area contributed by atoms with Crippen LogP contribution >= 0.6 is 24.0 Å². The third-order valence-electron chi connectivity index (χ3n) is 4.76. The van der Waals surface area contributed by atoms with E-state index in [0.29, 0.717) is 13.2 Å². The minimum atomic E-state index is 0. The van der Waals surface area contributed by atoms with Crippen LogP contribution < -0.4 is 20.1 Å². The van der Waals surface area contributed by atoms with Crippen molar-refractivity contribution in [3.8, 4) is 11.5 Å². The molecule has 0 aliphatic heterocycles. The maximum Gasteiger partial charge on any atom is 0.191 e. The van der Waals surface area contributed by atoms with Crippen LogP contribution in [0.5, 0.6) is 11.5 Å². The number of aryl methyl sites for hydroxylation is 2. The Kier molecular flexibility index (Phi) is 10.3. The van der Waals surface area contributed by atoms with Crippen molar-refractivity contribution >= 4 is 29.9 Å². The normalized spacial score (nSPS) is 12.2. The van der Waals surface area contributed by atoms with Gasteiger partial charge in [-0.1, -0.05) is 6.07 Å². The van der Waals surface area contributed by atoms with Gasteiger partial charge in [0.25, 0.3) is 0 Å². The van der Waals surface area contributed by atoms with E-state index in [4.69, 9.17) is 9.47 Å². The van der Waals surface area contributed by atoms with E-state index in [-0.39, 0.29) is 30.0 Å². The van der Waals surface area contributed by atoms with Crippen LogP contribution in [0.15, 0.2) is 23.2 Å². The summed E-state index contributed by atoms with van der Waals surface area (Å²) in [7, 11) is 5.41. The molecule has 7 nitrogen and oxygen atoms in total. The van der Waals surface area contributed by atoms with Crippen LogP contribution in [0.25, 0.3) is 0 Å². The number of methoxy groups -OCH3 is 1. The van der Waals surface area contributed by atoms with Crippen LogP contribution in [0.1, 0.15) is 36.4 Å². The number of nitrogens with one attached hydrogen (secondary N) is 2. The summed E-state index contributed by atoms with van der Waals surface area (Å²) in [6.45, 7) is 9.52. The smallest absolute Gasteiger partial charge is 0.191 e. The maximum absolute atomic E-state index is 5.65. The highest BCUT2D eigenvalue weighted by Gasteiger charge is 2.14. The molecule has 0 aliphatic rings. The molecule has 8 heteroatoms. The topological polar surface area (TPSA) is 72.7 Å². The Balaban J connectivity index is 0.00000420. The van der Waals surface area contributed by atoms with E-state index in [1.807, 2.05) is 36.9 Å². The number of nitrogens with zero attached hydrogens (tertiary/aromatic N) is 3. The Morgan fingerprint density at radius 3 is 2.55 bits per heavy atom. The van der Waals surface area contributed by atoms with Crippen LogP contribution in [0.3, 0.4) is 0 Å². The second-order valence-corrected chi connectivity index (χ2v) is 6.87. The van der Waals surface area contributed by atoms with Crippen molar-refractivity contribution in [1.82, 2.24) is 20.4 Å². The molecule has 0 fully saturated rings. The van der Waals surface area contributed by atoms with Gasteiger partial charge < -0.3 is 20.1 Å². The lowest BCUT2D eigenvalue weighted by Crippen LogP contribution is -2.42. The Morgan fingerprint density at radius 2 is 2.00 bits per heavy atom. The fourth-order valence-electron chi connectivity index (χ4n) is 3.18. The van der Waals surface area contributed by atoms with Crippen LogP contribution in [0.2, 0.25) is 0 Å². The predicted molar refractivity (Wildman–Crippen MR) is 129 cm³/mol. The summed E-state index contributed by atoms with van der Waals surface area (Å²) in [4.78, 5) is 4.34. The number of guanidine groups is 1. The van der Waals surface area contributed by atoms with Crippen molar-refractivity contribution in [1.29, 1.82) is 0 Å². The fourth-order valence-corrected chi connectivity index (χ4v) is 3.18. The number of aromatic nitrogens is 2. The summed E-state index contributed by atoms with van der Waals surface area (Å²) in [5.74, 6) is 2.26. The van der Waals surface area contributed by atoms with E-state index in [9.17, 15) is 0 Å². The van der Waals surface area contributed by atoms with E-state index >= 15 is 0 Å². The van der Waals surface area contributed by atoms with Crippen LogP contribution in [0.4, 0.5) is 0 Å².